The van der Waals surface area contributed by atoms with Crippen LogP contribution in [0.5, 0.6) is 0 Å². The van der Waals surface area contributed by atoms with E-state index >= 15 is 0 Å². The van der Waals surface area contributed by atoms with Crippen LogP contribution in [-0.4, -0.2) is 17.1 Å². The van der Waals surface area contributed by atoms with Crippen LogP contribution in [0.25, 0.3) is 0 Å². The van der Waals surface area contributed by atoms with Crippen LogP contribution >= 0.6 is 0 Å². The summed E-state index contributed by atoms with van der Waals surface area (Å²) in [6, 6.07) is 0.111. The third-order valence-electron chi connectivity index (χ3n) is 2.56. The van der Waals surface area contributed by atoms with Gasteiger partial charge in [-0.25, -0.2) is 0 Å². The van der Waals surface area contributed by atoms with Gasteiger partial charge in [0.05, 0.1) is 5.41 Å². The van der Waals surface area contributed by atoms with Crippen LogP contribution in [0.15, 0.2) is 0 Å². The summed E-state index contributed by atoms with van der Waals surface area (Å²) in [6.45, 7) is 4.10. The number of nitrogens with two attached hydrogens (primary N) is 1. The molecule has 3 heteroatoms. The Bertz CT molecular complexity index is 183. The molecule has 1 fully saturated rings. The second-order valence-electron chi connectivity index (χ2n) is 4.35. The van der Waals surface area contributed by atoms with E-state index in [-0.39, 0.29) is 6.04 Å². The van der Waals surface area contributed by atoms with Crippen molar-refractivity contribution in [2.45, 2.75) is 39.2 Å². The van der Waals surface area contributed by atoms with Gasteiger partial charge < -0.3 is 10.8 Å². The maximum absolute atomic E-state index is 10.9. The molecular formula is C9H17NO2. The van der Waals surface area contributed by atoms with E-state index in [1.807, 2.05) is 0 Å². The Hall–Kier alpha value is -0.570. The molecule has 0 saturated heterocycles. The van der Waals surface area contributed by atoms with Crippen LogP contribution in [0.2, 0.25) is 0 Å². The highest BCUT2D eigenvalue weighted by Gasteiger charge is 2.48. The van der Waals surface area contributed by atoms with Crippen LogP contribution in [0.1, 0.15) is 33.1 Å². The predicted molar refractivity (Wildman–Crippen MR) is 46.7 cm³/mol. The summed E-state index contributed by atoms with van der Waals surface area (Å²) in [5, 5.41) is 8.99. The maximum Gasteiger partial charge on any atom is 0.309 e. The first-order chi connectivity index (χ1) is 5.46. The molecule has 1 aliphatic rings. The van der Waals surface area contributed by atoms with Gasteiger partial charge in [-0.15, -0.1) is 0 Å². The van der Waals surface area contributed by atoms with E-state index in [1.54, 1.807) is 0 Å². The number of aliphatic carboxylic acids is 1. The monoisotopic (exact) mass is 171 g/mol. The molecule has 12 heavy (non-hydrogen) atoms. The summed E-state index contributed by atoms with van der Waals surface area (Å²) in [4.78, 5) is 10.9. The summed E-state index contributed by atoms with van der Waals surface area (Å²) in [5.74, 6) is -0.230. The minimum Gasteiger partial charge on any atom is -0.481 e. The summed E-state index contributed by atoms with van der Waals surface area (Å²) < 4.78 is 0. The molecule has 70 valence electrons. The number of carbonyl (C=O) groups is 1. The molecule has 0 spiro atoms. The Labute approximate surface area is 72.9 Å². The van der Waals surface area contributed by atoms with Crippen molar-refractivity contribution in [1.82, 2.24) is 0 Å². The molecule has 0 bridgehead atoms. The largest absolute Gasteiger partial charge is 0.481 e. The molecule has 3 N–H and O–H groups in total. The van der Waals surface area contributed by atoms with Gasteiger partial charge in [0.25, 0.3) is 0 Å². The Morgan fingerprint density at radius 1 is 1.67 bits per heavy atom. The van der Waals surface area contributed by atoms with Gasteiger partial charge in [0.1, 0.15) is 0 Å². The molecule has 0 aromatic rings. The molecule has 0 unspecified atom stereocenters. The van der Waals surface area contributed by atoms with E-state index in [0.717, 1.165) is 6.42 Å². The third kappa shape index (κ3) is 1.61. The number of hydrogen-bond acceptors (Lipinski definition) is 2. The summed E-state index contributed by atoms with van der Waals surface area (Å²) in [5.41, 5.74) is 5.11. The molecule has 1 rings (SSSR count). The van der Waals surface area contributed by atoms with Crippen molar-refractivity contribution in [1.29, 1.82) is 0 Å². The molecule has 0 aromatic heterocycles. The normalized spacial score (nSPS) is 34.8. The van der Waals surface area contributed by atoms with Crippen LogP contribution in [0.4, 0.5) is 0 Å². The van der Waals surface area contributed by atoms with Gasteiger partial charge >= 0.3 is 5.97 Å². The van der Waals surface area contributed by atoms with E-state index in [4.69, 9.17) is 10.8 Å². The molecule has 0 radical (unpaired) electrons. The topological polar surface area (TPSA) is 63.3 Å². The molecule has 0 atom stereocenters. The van der Waals surface area contributed by atoms with Gasteiger partial charge in [-0.3, -0.25) is 4.79 Å². The van der Waals surface area contributed by atoms with Crippen LogP contribution in [0, 0.1) is 11.3 Å². The quantitative estimate of drug-likeness (QED) is 0.671. The van der Waals surface area contributed by atoms with Crippen molar-refractivity contribution < 1.29 is 9.90 Å². The lowest BCUT2D eigenvalue weighted by molar-refractivity contribution is -0.157. The molecule has 1 aliphatic carbocycles. The summed E-state index contributed by atoms with van der Waals surface area (Å²) in [7, 11) is 0. The smallest absolute Gasteiger partial charge is 0.309 e. The van der Waals surface area contributed by atoms with E-state index < -0.39 is 11.4 Å². The van der Waals surface area contributed by atoms with Crippen molar-refractivity contribution in [2.24, 2.45) is 17.1 Å². The third-order valence-corrected chi connectivity index (χ3v) is 2.56. The number of hydrogen-bond donors (Lipinski definition) is 2. The van der Waals surface area contributed by atoms with Gasteiger partial charge in [-0.1, -0.05) is 13.8 Å². The minimum atomic E-state index is -0.669. The van der Waals surface area contributed by atoms with Gasteiger partial charge in [-0.05, 0) is 25.2 Å². The van der Waals surface area contributed by atoms with Gasteiger partial charge in [0.2, 0.25) is 0 Å². The molecule has 1 saturated carbocycles. The van der Waals surface area contributed by atoms with Crippen molar-refractivity contribution in [2.75, 3.05) is 0 Å². The van der Waals surface area contributed by atoms with Crippen molar-refractivity contribution in [3.05, 3.63) is 0 Å². The fourth-order valence-electron chi connectivity index (χ4n) is 2.15. The zero-order valence-electron chi connectivity index (χ0n) is 7.71. The molecule has 0 aromatic carbocycles. The zero-order chi connectivity index (χ0) is 9.35. The van der Waals surface area contributed by atoms with Gasteiger partial charge in [-0.2, -0.15) is 0 Å². The van der Waals surface area contributed by atoms with Gasteiger partial charge in [0, 0.05) is 6.04 Å². The summed E-state index contributed by atoms with van der Waals surface area (Å²) in [6.07, 6.45) is 2.07. The predicted octanol–water partition coefficient (Wildman–Crippen LogP) is 1.22. The highest BCUT2D eigenvalue weighted by atomic mass is 16.4. The fourth-order valence-corrected chi connectivity index (χ4v) is 2.15. The Morgan fingerprint density at radius 2 is 2.17 bits per heavy atom. The second kappa shape index (κ2) is 3.05. The first-order valence-electron chi connectivity index (χ1n) is 4.45. The van der Waals surface area contributed by atoms with Crippen LogP contribution in [-0.2, 0) is 4.79 Å². The van der Waals surface area contributed by atoms with Crippen molar-refractivity contribution >= 4 is 5.97 Å². The zero-order valence-corrected chi connectivity index (χ0v) is 7.71. The van der Waals surface area contributed by atoms with E-state index in [1.165, 1.54) is 0 Å². The second-order valence-corrected chi connectivity index (χ2v) is 4.35. The lowest BCUT2D eigenvalue weighted by atomic mass is 9.62. The fraction of sp³-hybridized carbons (Fsp3) is 0.889. The lowest BCUT2D eigenvalue weighted by Gasteiger charge is -2.43. The molecule has 0 amide bonds. The number of carboxylic acids is 1. The Morgan fingerprint density at radius 3 is 2.42 bits per heavy atom. The highest BCUT2D eigenvalue weighted by Crippen LogP contribution is 2.45. The van der Waals surface area contributed by atoms with Crippen molar-refractivity contribution in [3.8, 4) is 0 Å². The Balaban J connectivity index is 2.57. The standard InChI is InChI=1S/C9H17NO2/c1-6(2)3-9(8(11)12)4-7(10)5-9/h6-7H,3-5,10H2,1-2H3,(H,11,12). The lowest BCUT2D eigenvalue weighted by Crippen LogP contribution is -2.51. The van der Waals surface area contributed by atoms with Crippen LogP contribution in [0.3, 0.4) is 0 Å². The number of rotatable bonds is 3. The average Bonchev–Trinajstić information content (AvgIpc) is 1.81. The molecule has 0 aliphatic heterocycles. The molecule has 3 nitrogen and oxygen atoms in total. The van der Waals surface area contributed by atoms with E-state index in [0.29, 0.717) is 18.8 Å². The highest BCUT2D eigenvalue weighted by molar-refractivity contribution is 5.76. The first-order valence-corrected chi connectivity index (χ1v) is 4.45. The number of carboxylic acid groups (broad SMARTS) is 1. The van der Waals surface area contributed by atoms with E-state index in [9.17, 15) is 4.79 Å². The summed E-state index contributed by atoms with van der Waals surface area (Å²) >= 11 is 0. The van der Waals surface area contributed by atoms with Gasteiger partial charge in [0.15, 0.2) is 0 Å². The van der Waals surface area contributed by atoms with E-state index in [2.05, 4.69) is 13.8 Å². The molecule has 0 heterocycles. The average molecular weight is 171 g/mol. The Kier molecular flexibility index (Phi) is 2.42. The van der Waals surface area contributed by atoms with Crippen LogP contribution < -0.4 is 5.73 Å². The van der Waals surface area contributed by atoms with Crippen molar-refractivity contribution in [3.63, 3.8) is 0 Å². The maximum atomic E-state index is 10.9. The SMILES string of the molecule is CC(C)CC1(C(=O)O)CC(N)C1. The minimum absolute atomic E-state index is 0.111. The molecular weight excluding hydrogens is 154 g/mol. The first kappa shape index (κ1) is 9.52.